The second-order valence-corrected chi connectivity index (χ2v) is 12.5. The molecule has 0 aromatic heterocycles. The molecule has 0 saturated heterocycles. The number of hydrogen-bond acceptors (Lipinski definition) is 5. The first-order valence-corrected chi connectivity index (χ1v) is 15.6. The number of benzene rings is 2. The fourth-order valence-electron chi connectivity index (χ4n) is 5.07. The predicted molar refractivity (Wildman–Crippen MR) is 155 cm³/mol. The van der Waals surface area contributed by atoms with Crippen LogP contribution in [0, 0.1) is 13.8 Å². The highest BCUT2D eigenvalue weighted by Gasteiger charge is 2.28. The van der Waals surface area contributed by atoms with Crippen molar-refractivity contribution in [1.82, 2.24) is 10.2 Å². The summed E-state index contributed by atoms with van der Waals surface area (Å²) in [5, 5.41) is 3.14. The molecule has 9 heteroatoms. The normalized spacial score (nSPS) is 14.9. The number of anilines is 1. The van der Waals surface area contributed by atoms with E-state index in [1.165, 1.54) is 17.0 Å². The fourth-order valence-corrected chi connectivity index (χ4v) is 6.08. The largest absolute Gasteiger partial charge is 0.497 e. The summed E-state index contributed by atoms with van der Waals surface area (Å²) in [6.07, 6.45) is 6.95. The van der Waals surface area contributed by atoms with Crippen molar-refractivity contribution in [2.24, 2.45) is 0 Å². The van der Waals surface area contributed by atoms with E-state index in [-0.39, 0.29) is 37.4 Å². The van der Waals surface area contributed by atoms with Gasteiger partial charge in [0.2, 0.25) is 21.8 Å². The lowest BCUT2D eigenvalue weighted by atomic mass is 9.95. The van der Waals surface area contributed by atoms with Gasteiger partial charge in [0.05, 0.1) is 19.1 Å². The van der Waals surface area contributed by atoms with Crippen LogP contribution in [0.5, 0.6) is 5.75 Å². The molecule has 0 unspecified atom stereocenters. The van der Waals surface area contributed by atoms with Crippen molar-refractivity contribution < 1.29 is 22.7 Å². The van der Waals surface area contributed by atoms with Gasteiger partial charge in [-0.1, -0.05) is 43.5 Å². The van der Waals surface area contributed by atoms with Crippen LogP contribution in [0.25, 0.3) is 0 Å². The number of nitrogens with one attached hydrogen (secondary N) is 1. The van der Waals surface area contributed by atoms with Gasteiger partial charge in [0, 0.05) is 25.6 Å². The van der Waals surface area contributed by atoms with Gasteiger partial charge in [-0.05, 0) is 74.9 Å². The van der Waals surface area contributed by atoms with E-state index in [9.17, 15) is 18.0 Å². The molecule has 0 spiro atoms. The Kier molecular flexibility index (Phi) is 10.8. The molecule has 1 N–H and O–H groups in total. The van der Waals surface area contributed by atoms with Gasteiger partial charge in [0.1, 0.15) is 11.8 Å². The molecule has 2 aromatic rings. The Balaban J connectivity index is 1.74. The SMILES string of the molecule is COc1ccc(CN(C(=O)CCCN(c2cccc(C)c2C)S(C)(=O)=O)[C@H](C)C(=O)NC2CCCCC2)cc1. The minimum atomic E-state index is -3.54. The molecule has 2 amide bonds. The predicted octanol–water partition coefficient (Wildman–Crippen LogP) is 4.72. The van der Waals surface area contributed by atoms with E-state index in [1.807, 2.05) is 50.2 Å². The Hall–Kier alpha value is -3.07. The maximum Gasteiger partial charge on any atom is 0.242 e. The summed E-state index contributed by atoms with van der Waals surface area (Å²) in [7, 11) is -1.95. The summed E-state index contributed by atoms with van der Waals surface area (Å²) in [4.78, 5) is 28.4. The molecule has 0 bridgehead atoms. The van der Waals surface area contributed by atoms with Crippen LogP contribution in [-0.2, 0) is 26.2 Å². The molecule has 3 rings (SSSR count). The van der Waals surface area contributed by atoms with Crippen LogP contribution >= 0.6 is 0 Å². The molecule has 0 aliphatic heterocycles. The lowest BCUT2D eigenvalue weighted by Gasteiger charge is -2.31. The molecular weight excluding hydrogens is 514 g/mol. The highest BCUT2D eigenvalue weighted by molar-refractivity contribution is 7.92. The van der Waals surface area contributed by atoms with Gasteiger partial charge in [-0.15, -0.1) is 0 Å². The van der Waals surface area contributed by atoms with Crippen LogP contribution in [-0.4, -0.2) is 57.1 Å². The average molecular weight is 558 g/mol. The van der Waals surface area contributed by atoms with Crippen LogP contribution in [0.4, 0.5) is 5.69 Å². The Labute approximate surface area is 233 Å². The Morgan fingerprint density at radius 1 is 1.05 bits per heavy atom. The quantitative estimate of drug-likeness (QED) is 0.407. The van der Waals surface area contributed by atoms with Crippen molar-refractivity contribution in [1.29, 1.82) is 0 Å². The van der Waals surface area contributed by atoms with Crippen molar-refractivity contribution in [3.63, 3.8) is 0 Å². The molecule has 1 aliphatic rings. The number of hydrogen-bond donors (Lipinski definition) is 1. The number of carbonyl (C=O) groups is 2. The summed E-state index contributed by atoms with van der Waals surface area (Å²) in [5.41, 5.74) is 3.40. The topological polar surface area (TPSA) is 96.0 Å². The maximum atomic E-state index is 13.6. The number of methoxy groups -OCH3 is 1. The number of amides is 2. The molecule has 214 valence electrons. The number of rotatable bonds is 12. The standard InChI is InChI=1S/C30H43N3O5S/c1-22-11-9-14-28(23(22)2)33(39(5,36)37)20-10-15-29(34)32(21-25-16-18-27(38-4)19-17-25)24(3)30(35)31-26-12-7-6-8-13-26/h9,11,14,16-19,24,26H,6-8,10,12-13,15,20-21H2,1-5H3,(H,31,35)/t24-/m1/s1. The van der Waals surface area contributed by atoms with Crippen LogP contribution in [0.3, 0.4) is 0 Å². The third-order valence-corrected chi connectivity index (χ3v) is 8.81. The highest BCUT2D eigenvalue weighted by Crippen LogP contribution is 2.26. The summed E-state index contributed by atoms with van der Waals surface area (Å²) >= 11 is 0. The third-order valence-electron chi connectivity index (χ3n) is 7.63. The van der Waals surface area contributed by atoms with Gasteiger partial charge in [-0.3, -0.25) is 13.9 Å². The summed E-state index contributed by atoms with van der Waals surface area (Å²) in [5.74, 6) is 0.371. The molecule has 0 radical (unpaired) electrons. The van der Waals surface area contributed by atoms with Crippen molar-refractivity contribution >= 4 is 27.5 Å². The minimum absolute atomic E-state index is 0.119. The smallest absolute Gasteiger partial charge is 0.242 e. The molecule has 1 saturated carbocycles. The number of ether oxygens (including phenoxy) is 1. The fraction of sp³-hybridized carbons (Fsp3) is 0.533. The van der Waals surface area contributed by atoms with Crippen molar-refractivity contribution in [2.75, 3.05) is 24.2 Å². The molecule has 8 nitrogen and oxygen atoms in total. The lowest BCUT2D eigenvalue weighted by molar-refractivity contribution is -0.141. The average Bonchev–Trinajstić information content (AvgIpc) is 2.91. The van der Waals surface area contributed by atoms with Crippen molar-refractivity contribution in [3.8, 4) is 5.75 Å². The molecule has 1 aliphatic carbocycles. The number of aryl methyl sites for hydroxylation is 1. The first-order chi connectivity index (χ1) is 18.5. The van der Waals surface area contributed by atoms with Crippen molar-refractivity contribution in [3.05, 3.63) is 59.2 Å². The second-order valence-electron chi connectivity index (χ2n) is 10.5. The van der Waals surface area contributed by atoms with E-state index in [2.05, 4.69) is 5.32 Å². The highest BCUT2D eigenvalue weighted by atomic mass is 32.2. The van der Waals surface area contributed by atoms with Gasteiger partial charge in [0.15, 0.2) is 0 Å². The second kappa shape index (κ2) is 13.8. The number of carbonyl (C=O) groups excluding carboxylic acids is 2. The molecule has 2 aromatic carbocycles. The van der Waals surface area contributed by atoms with Crippen LogP contribution in [0.2, 0.25) is 0 Å². The van der Waals surface area contributed by atoms with E-state index >= 15 is 0 Å². The zero-order chi connectivity index (χ0) is 28.6. The van der Waals surface area contributed by atoms with Crippen LogP contribution in [0.15, 0.2) is 42.5 Å². The van der Waals surface area contributed by atoms with E-state index in [0.717, 1.165) is 42.4 Å². The molecular formula is C30H43N3O5S. The third kappa shape index (κ3) is 8.46. The first kappa shape index (κ1) is 30.5. The van der Waals surface area contributed by atoms with Gasteiger partial charge < -0.3 is 15.0 Å². The van der Waals surface area contributed by atoms with Gasteiger partial charge >= 0.3 is 0 Å². The van der Waals surface area contributed by atoms with Gasteiger partial charge in [-0.2, -0.15) is 0 Å². The summed E-state index contributed by atoms with van der Waals surface area (Å²) < 4.78 is 31.9. The van der Waals surface area contributed by atoms with E-state index in [1.54, 1.807) is 25.0 Å². The van der Waals surface area contributed by atoms with Crippen molar-refractivity contribution in [2.45, 2.75) is 84.3 Å². The molecule has 39 heavy (non-hydrogen) atoms. The van der Waals surface area contributed by atoms with E-state index in [4.69, 9.17) is 4.74 Å². The number of sulfonamides is 1. The van der Waals surface area contributed by atoms with E-state index in [0.29, 0.717) is 17.9 Å². The lowest BCUT2D eigenvalue weighted by Crippen LogP contribution is -2.50. The summed E-state index contributed by atoms with van der Waals surface area (Å²) in [6.45, 7) is 6.05. The molecule has 0 heterocycles. The first-order valence-electron chi connectivity index (χ1n) is 13.8. The zero-order valence-corrected chi connectivity index (χ0v) is 24.7. The monoisotopic (exact) mass is 557 g/mol. The Morgan fingerprint density at radius 2 is 1.72 bits per heavy atom. The van der Waals surface area contributed by atoms with Crippen LogP contribution < -0.4 is 14.4 Å². The van der Waals surface area contributed by atoms with E-state index < -0.39 is 16.1 Å². The van der Waals surface area contributed by atoms with Crippen LogP contribution in [0.1, 0.15) is 68.6 Å². The zero-order valence-electron chi connectivity index (χ0n) is 23.9. The van der Waals surface area contributed by atoms with Gasteiger partial charge in [0.25, 0.3) is 0 Å². The minimum Gasteiger partial charge on any atom is -0.497 e. The molecule has 1 fully saturated rings. The van der Waals surface area contributed by atoms with Gasteiger partial charge in [-0.25, -0.2) is 8.42 Å². The number of nitrogens with zero attached hydrogens (tertiary/aromatic N) is 2. The molecule has 1 atom stereocenters. The summed E-state index contributed by atoms with van der Waals surface area (Å²) in [6, 6.07) is 12.5. The Bertz CT molecular complexity index is 1220. The Morgan fingerprint density at radius 3 is 2.33 bits per heavy atom. The maximum absolute atomic E-state index is 13.6.